The van der Waals surface area contributed by atoms with E-state index in [2.05, 4.69) is 25.6 Å². The number of ether oxygens (including phenoxy) is 2. The van der Waals surface area contributed by atoms with Gasteiger partial charge in [0, 0.05) is 36.9 Å². The van der Waals surface area contributed by atoms with E-state index in [1.165, 1.54) is 6.20 Å². The molecule has 0 bridgehead atoms. The van der Waals surface area contributed by atoms with Crippen LogP contribution in [0, 0.1) is 0 Å². The molecule has 1 aromatic carbocycles. The Balaban J connectivity index is 1.43. The Kier molecular flexibility index (Phi) is 4.29. The normalized spacial score (nSPS) is 11.8. The van der Waals surface area contributed by atoms with Crippen LogP contribution in [0.3, 0.4) is 0 Å². The third-order valence-corrected chi connectivity index (χ3v) is 3.72. The van der Waals surface area contributed by atoms with E-state index in [-0.39, 0.29) is 18.4 Å². The fourth-order valence-corrected chi connectivity index (χ4v) is 2.42. The third-order valence-electron chi connectivity index (χ3n) is 3.72. The highest BCUT2D eigenvalue weighted by atomic mass is 16.7. The Morgan fingerprint density at radius 1 is 1.04 bits per heavy atom. The minimum atomic E-state index is -0.280. The van der Waals surface area contributed by atoms with Gasteiger partial charge in [-0.1, -0.05) is 0 Å². The van der Waals surface area contributed by atoms with Gasteiger partial charge in [-0.2, -0.15) is 0 Å². The summed E-state index contributed by atoms with van der Waals surface area (Å²) in [6.45, 7) is 0.610. The van der Waals surface area contributed by atoms with Crippen LogP contribution in [0.5, 0.6) is 11.5 Å². The van der Waals surface area contributed by atoms with Crippen molar-refractivity contribution in [2.75, 3.05) is 12.1 Å². The number of nitrogens with zero attached hydrogens (tertiary/aromatic N) is 3. The van der Waals surface area contributed by atoms with Crippen LogP contribution in [0.15, 0.2) is 55.0 Å². The summed E-state index contributed by atoms with van der Waals surface area (Å²) in [6.07, 6.45) is 4.89. The van der Waals surface area contributed by atoms with Gasteiger partial charge in [-0.25, -0.2) is 9.97 Å². The molecule has 3 aromatic rings. The number of aromatic nitrogens is 3. The van der Waals surface area contributed by atoms with Gasteiger partial charge in [-0.05, 0) is 35.9 Å². The van der Waals surface area contributed by atoms with Crippen molar-refractivity contribution in [2.24, 2.45) is 0 Å². The predicted molar refractivity (Wildman–Crippen MR) is 93.3 cm³/mol. The lowest BCUT2D eigenvalue weighted by Crippen LogP contribution is -2.24. The first-order chi connectivity index (χ1) is 12.8. The van der Waals surface area contributed by atoms with Gasteiger partial charge in [0.2, 0.25) is 12.7 Å². The fraction of sp³-hybridized carbons (Fsp3) is 0.111. The Morgan fingerprint density at radius 2 is 1.88 bits per heavy atom. The maximum atomic E-state index is 12.3. The number of hydrogen-bond acceptors (Lipinski definition) is 7. The molecular weight excluding hydrogens is 334 g/mol. The number of carbonyl (C=O) groups is 1. The highest BCUT2D eigenvalue weighted by Crippen LogP contribution is 2.34. The van der Waals surface area contributed by atoms with Crippen molar-refractivity contribution in [1.29, 1.82) is 0 Å². The molecule has 0 fully saturated rings. The molecule has 26 heavy (non-hydrogen) atoms. The molecule has 0 aliphatic carbocycles. The molecule has 2 N–H and O–H groups in total. The number of pyridine rings is 1. The third kappa shape index (κ3) is 3.54. The van der Waals surface area contributed by atoms with E-state index < -0.39 is 0 Å². The zero-order valence-electron chi connectivity index (χ0n) is 13.7. The molecule has 1 aliphatic heterocycles. The van der Waals surface area contributed by atoms with E-state index in [1.807, 2.05) is 18.2 Å². The SMILES string of the molecule is O=C(NCc1ccncc1)c1ccnc(Nc2ccc3c(c2)OCO3)n1. The monoisotopic (exact) mass is 349 g/mol. The molecule has 130 valence electrons. The van der Waals surface area contributed by atoms with Crippen LogP contribution in [0.1, 0.15) is 16.1 Å². The van der Waals surface area contributed by atoms with E-state index in [0.717, 1.165) is 11.3 Å². The van der Waals surface area contributed by atoms with E-state index in [9.17, 15) is 4.79 Å². The summed E-state index contributed by atoms with van der Waals surface area (Å²) in [4.78, 5) is 24.6. The predicted octanol–water partition coefficient (Wildman–Crippen LogP) is 2.27. The highest BCUT2D eigenvalue weighted by Gasteiger charge is 2.14. The topological polar surface area (TPSA) is 98.3 Å². The molecule has 0 unspecified atom stereocenters. The second-order valence-electron chi connectivity index (χ2n) is 5.50. The van der Waals surface area contributed by atoms with Crippen molar-refractivity contribution < 1.29 is 14.3 Å². The lowest BCUT2D eigenvalue weighted by molar-refractivity contribution is 0.0946. The summed E-state index contributed by atoms with van der Waals surface area (Å²) >= 11 is 0. The van der Waals surface area contributed by atoms with Crippen molar-refractivity contribution in [3.8, 4) is 11.5 Å². The molecular formula is C18H15N5O3. The van der Waals surface area contributed by atoms with Gasteiger partial charge in [-0.3, -0.25) is 9.78 Å². The van der Waals surface area contributed by atoms with Gasteiger partial charge in [0.25, 0.3) is 5.91 Å². The van der Waals surface area contributed by atoms with Crippen LogP contribution in [-0.2, 0) is 6.54 Å². The van der Waals surface area contributed by atoms with Gasteiger partial charge >= 0.3 is 0 Å². The van der Waals surface area contributed by atoms with E-state index in [1.54, 1.807) is 30.6 Å². The van der Waals surface area contributed by atoms with Crippen molar-refractivity contribution in [2.45, 2.75) is 6.54 Å². The van der Waals surface area contributed by atoms with Crippen LogP contribution in [0.4, 0.5) is 11.6 Å². The number of amides is 1. The Labute approximate surface area is 149 Å². The largest absolute Gasteiger partial charge is 0.454 e. The summed E-state index contributed by atoms with van der Waals surface area (Å²) in [5.74, 6) is 1.39. The van der Waals surface area contributed by atoms with Crippen molar-refractivity contribution in [3.05, 3.63) is 66.2 Å². The standard InChI is InChI=1S/C18H15N5O3/c24-17(21-10-12-3-6-19-7-4-12)14-5-8-20-18(23-14)22-13-1-2-15-16(9-13)26-11-25-15/h1-9H,10-11H2,(H,21,24)(H,20,22,23). The number of carbonyl (C=O) groups excluding carboxylic acids is 1. The number of benzene rings is 1. The summed E-state index contributed by atoms with van der Waals surface area (Å²) in [6, 6.07) is 10.7. The molecule has 8 heteroatoms. The first-order valence-corrected chi connectivity index (χ1v) is 7.95. The number of nitrogens with one attached hydrogen (secondary N) is 2. The summed E-state index contributed by atoms with van der Waals surface area (Å²) in [7, 11) is 0. The smallest absolute Gasteiger partial charge is 0.270 e. The average Bonchev–Trinajstić information content (AvgIpc) is 3.15. The van der Waals surface area contributed by atoms with Crippen LogP contribution < -0.4 is 20.1 Å². The summed E-state index contributed by atoms with van der Waals surface area (Å²) < 4.78 is 10.6. The van der Waals surface area contributed by atoms with E-state index in [0.29, 0.717) is 24.0 Å². The number of fused-ring (bicyclic) bond motifs is 1. The second-order valence-corrected chi connectivity index (χ2v) is 5.50. The molecule has 1 aliphatic rings. The summed E-state index contributed by atoms with van der Waals surface area (Å²) in [5.41, 5.74) is 1.97. The summed E-state index contributed by atoms with van der Waals surface area (Å²) in [5, 5.41) is 5.88. The molecule has 0 saturated heterocycles. The van der Waals surface area contributed by atoms with E-state index >= 15 is 0 Å². The van der Waals surface area contributed by atoms with Crippen molar-refractivity contribution in [1.82, 2.24) is 20.3 Å². The molecule has 4 rings (SSSR count). The Hall–Kier alpha value is -3.68. The molecule has 0 spiro atoms. The quantitative estimate of drug-likeness (QED) is 0.729. The van der Waals surface area contributed by atoms with Gasteiger partial charge in [0.05, 0.1) is 0 Å². The number of rotatable bonds is 5. The van der Waals surface area contributed by atoms with Gasteiger partial charge in [-0.15, -0.1) is 0 Å². The molecule has 0 atom stereocenters. The zero-order valence-corrected chi connectivity index (χ0v) is 13.7. The molecule has 0 radical (unpaired) electrons. The Morgan fingerprint density at radius 3 is 2.77 bits per heavy atom. The number of hydrogen-bond donors (Lipinski definition) is 2. The van der Waals surface area contributed by atoms with Gasteiger partial charge in [0.15, 0.2) is 11.5 Å². The molecule has 2 aromatic heterocycles. The fourth-order valence-electron chi connectivity index (χ4n) is 2.42. The second kappa shape index (κ2) is 7.06. The van der Waals surface area contributed by atoms with Gasteiger partial charge < -0.3 is 20.1 Å². The average molecular weight is 349 g/mol. The maximum absolute atomic E-state index is 12.3. The number of anilines is 2. The highest BCUT2D eigenvalue weighted by molar-refractivity contribution is 5.92. The zero-order chi connectivity index (χ0) is 17.8. The minimum Gasteiger partial charge on any atom is -0.454 e. The molecule has 0 saturated carbocycles. The molecule has 1 amide bonds. The van der Waals surface area contributed by atoms with E-state index in [4.69, 9.17) is 9.47 Å². The maximum Gasteiger partial charge on any atom is 0.270 e. The Bertz CT molecular complexity index is 933. The van der Waals surface area contributed by atoms with Crippen LogP contribution >= 0.6 is 0 Å². The van der Waals surface area contributed by atoms with Crippen LogP contribution in [0.25, 0.3) is 0 Å². The lowest BCUT2D eigenvalue weighted by atomic mass is 10.2. The lowest BCUT2D eigenvalue weighted by Gasteiger charge is -2.08. The van der Waals surface area contributed by atoms with Crippen LogP contribution in [-0.4, -0.2) is 27.7 Å². The molecule has 8 nitrogen and oxygen atoms in total. The molecule has 3 heterocycles. The minimum absolute atomic E-state index is 0.211. The van der Waals surface area contributed by atoms with Crippen molar-refractivity contribution >= 4 is 17.5 Å². The first-order valence-electron chi connectivity index (χ1n) is 7.95. The van der Waals surface area contributed by atoms with Gasteiger partial charge in [0.1, 0.15) is 5.69 Å². The first kappa shape index (κ1) is 15.8. The van der Waals surface area contributed by atoms with Crippen molar-refractivity contribution in [3.63, 3.8) is 0 Å². The van der Waals surface area contributed by atoms with Crippen LogP contribution in [0.2, 0.25) is 0 Å².